The van der Waals surface area contributed by atoms with E-state index in [1.807, 2.05) is 0 Å². The highest BCUT2D eigenvalue weighted by molar-refractivity contribution is 5.89. The zero-order valence-electron chi connectivity index (χ0n) is 21.2. The van der Waals surface area contributed by atoms with Gasteiger partial charge in [-0.25, -0.2) is 27.7 Å². The van der Waals surface area contributed by atoms with Gasteiger partial charge in [-0.05, 0) is 26.8 Å². The summed E-state index contributed by atoms with van der Waals surface area (Å²) in [4.78, 5) is 44.6. The van der Waals surface area contributed by atoms with Crippen LogP contribution in [0.5, 0.6) is 0 Å². The van der Waals surface area contributed by atoms with Gasteiger partial charge in [-0.2, -0.15) is 18.2 Å². The number of carbonyl (C=O) groups is 2. The average Bonchev–Trinajstić information content (AvgIpc) is 3.23. The van der Waals surface area contributed by atoms with E-state index in [9.17, 15) is 40.7 Å². The monoisotopic (exact) mass is 562 g/mol. The topological polar surface area (TPSA) is 103 Å². The van der Waals surface area contributed by atoms with Crippen LogP contribution < -0.4 is 0 Å². The molecule has 2 heterocycles. The molecule has 0 radical (unpaired) electrons. The molecule has 0 saturated carbocycles. The van der Waals surface area contributed by atoms with Crippen LogP contribution in [-0.2, 0) is 38.3 Å². The van der Waals surface area contributed by atoms with Gasteiger partial charge >= 0.3 is 12.1 Å². The summed E-state index contributed by atoms with van der Waals surface area (Å²) in [5.41, 5.74) is -2.40. The van der Waals surface area contributed by atoms with Crippen LogP contribution in [0.15, 0.2) is 17.1 Å². The Balaban J connectivity index is 1.97. The number of fused-ring (bicyclic) bond motifs is 1. The Morgan fingerprint density at radius 3 is 2.31 bits per heavy atom. The number of hydrogen-bond donors (Lipinski definition) is 0. The molecule has 1 aromatic carbocycles. The van der Waals surface area contributed by atoms with Crippen LogP contribution in [0.3, 0.4) is 0 Å². The van der Waals surface area contributed by atoms with Crippen LogP contribution >= 0.6 is 0 Å². The third kappa shape index (κ3) is 6.66. The van der Waals surface area contributed by atoms with Gasteiger partial charge in [-0.1, -0.05) is 0 Å². The molecule has 39 heavy (non-hydrogen) atoms. The number of imidazole rings is 1. The van der Waals surface area contributed by atoms with E-state index in [0.29, 0.717) is 6.07 Å². The zero-order valence-corrected chi connectivity index (χ0v) is 21.2. The van der Waals surface area contributed by atoms with Crippen molar-refractivity contribution in [1.82, 2.24) is 14.5 Å². The first kappa shape index (κ1) is 29.8. The number of methoxy groups -OCH3 is 1. The molecule has 2 aromatic rings. The summed E-state index contributed by atoms with van der Waals surface area (Å²) in [5.74, 6) is -7.36. The fourth-order valence-corrected chi connectivity index (χ4v) is 4.20. The van der Waals surface area contributed by atoms with E-state index in [4.69, 9.17) is 4.74 Å². The van der Waals surface area contributed by atoms with Gasteiger partial charge in [-0.3, -0.25) is 4.79 Å². The number of esters is 1. The van der Waals surface area contributed by atoms with Gasteiger partial charge in [0.25, 0.3) is 0 Å². The summed E-state index contributed by atoms with van der Waals surface area (Å²) >= 11 is 0. The number of isocyanates is 1. The molecule has 1 aromatic heterocycles. The maximum Gasteiger partial charge on any atom is 0.449 e. The lowest BCUT2D eigenvalue weighted by molar-refractivity contribution is -0.148. The van der Waals surface area contributed by atoms with E-state index in [-0.39, 0.29) is 24.8 Å². The lowest BCUT2D eigenvalue weighted by atomic mass is 9.97. The van der Waals surface area contributed by atoms with E-state index in [1.54, 1.807) is 20.8 Å². The summed E-state index contributed by atoms with van der Waals surface area (Å²) in [7, 11) is 0.965. The van der Waals surface area contributed by atoms with Crippen LogP contribution in [0.4, 0.5) is 26.3 Å². The van der Waals surface area contributed by atoms with E-state index < -0.39 is 83.3 Å². The number of alkyl halides is 3. The summed E-state index contributed by atoms with van der Waals surface area (Å²) in [6, 6.07) is -0.884. The van der Waals surface area contributed by atoms with Crippen LogP contribution in [0, 0.1) is 17.5 Å². The van der Waals surface area contributed by atoms with Crippen molar-refractivity contribution in [2.45, 2.75) is 64.2 Å². The number of carbonyl (C=O) groups excluding carboxylic acids is 3. The van der Waals surface area contributed by atoms with Crippen molar-refractivity contribution in [2.24, 2.45) is 4.99 Å². The molecule has 0 fully saturated rings. The molecule has 0 spiro atoms. The highest BCUT2D eigenvalue weighted by Gasteiger charge is 2.42. The van der Waals surface area contributed by atoms with E-state index in [1.165, 1.54) is 6.08 Å². The molecule has 0 bridgehead atoms. The Morgan fingerprint density at radius 1 is 1.10 bits per heavy atom. The minimum absolute atomic E-state index is 0.212. The first-order chi connectivity index (χ1) is 18.1. The molecule has 1 amide bonds. The smallest absolute Gasteiger partial charge is 0.449 e. The molecule has 3 rings (SSSR count). The molecule has 9 nitrogen and oxygen atoms in total. The SMILES string of the molecule is COC(=O)c1nc(C(F)(F)F)n2c1CN(C(=O)C[C@@H](OC(C)(C)C)C(N=C=O)c1cc(F)c(F)cc1F)CC2. The van der Waals surface area contributed by atoms with Gasteiger partial charge in [-0.15, -0.1) is 0 Å². The fraction of sp³-hybridized carbons (Fsp3) is 0.500. The predicted molar refractivity (Wildman–Crippen MR) is 120 cm³/mol. The summed E-state index contributed by atoms with van der Waals surface area (Å²) in [6.45, 7) is 3.68. The normalized spacial score (nSPS) is 15.3. The van der Waals surface area contributed by atoms with Gasteiger partial charge in [0, 0.05) is 24.7 Å². The highest BCUT2D eigenvalue weighted by Crippen LogP contribution is 2.35. The maximum atomic E-state index is 14.6. The second-order valence-corrected chi connectivity index (χ2v) is 9.61. The molecule has 212 valence electrons. The number of nitrogens with zero attached hydrogens (tertiary/aromatic N) is 4. The third-order valence-electron chi connectivity index (χ3n) is 5.77. The maximum absolute atomic E-state index is 14.6. The average molecular weight is 562 g/mol. The summed E-state index contributed by atoms with van der Waals surface area (Å²) in [5, 5.41) is 0. The second kappa shape index (κ2) is 11.2. The van der Waals surface area contributed by atoms with Gasteiger partial charge in [0.15, 0.2) is 17.3 Å². The molecule has 1 unspecified atom stereocenters. The Hall–Kier alpha value is -3.71. The number of rotatable bonds is 7. The quantitative estimate of drug-likeness (QED) is 0.166. The standard InChI is InChI=1S/C24H24F6N4O5/c1-23(2,3)39-17(19(31-11-35)12-7-14(26)15(27)8-13(12)25)9-18(36)33-5-6-34-16(10-33)20(21(37)38-4)32-22(34)24(28,29)30/h7-8,17,19H,5-6,9-10H2,1-4H3/t17-,19?/m1/s1. The van der Waals surface area contributed by atoms with Gasteiger partial charge < -0.3 is 18.9 Å². The Morgan fingerprint density at radius 2 is 1.74 bits per heavy atom. The van der Waals surface area contributed by atoms with Crippen LogP contribution in [-0.4, -0.2) is 57.8 Å². The van der Waals surface area contributed by atoms with Crippen molar-refractivity contribution in [2.75, 3.05) is 13.7 Å². The lowest BCUT2D eigenvalue weighted by Crippen LogP contribution is -2.42. The number of halogens is 6. The third-order valence-corrected chi connectivity index (χ3v) is 5.77. The molecule has 1 aliphatic heterocycles. The zero-order chi connectivity index (χ0) is 29.3. The summed E-state index contributed by atoms with van der Waals surface area (Å²) < 4.78 is 93.7. The van der Waals surface area contributed by atoms with Crippen molar-refractivity contribution in [3.63, 3.8) is 0 Å². The van der Waals surface area contributed by atoms with Crippen LogP contribution in [0.25, 0.3) is 0 Å². The van der Waals surface area contributed by atoms with Crippen molar-refractivity contribution < 1.29 is 50.2 Å². The Bertz CT molecular complexity index is 1310. The van der Waals surface area contributed by atoms with E-state index in [2.05, 4.69) is 14.7 Å². The van der Waals surface area contributed by atoms with Crippen molar-refractivity contribution in [3.8, 4) is 0 Å². The molecule has 0 aliphatic carbocycles. The fourth-order valence-electron chi connectivity index (χ4n) is 4.20. The number of amides is 1. The van der Waals surface area contributed by atoms with Gasteiger partial charge in [0.05, 0.1) is 37.5 Å². The number of aromatic nitrogens is 2. The second-order valence-electron chi connectivity index (χ2n) is 9.61. The number of aliphatic imine (C=N–C) groups is 1. The van der Waals surface area contributed by atoms with Crippen molar-refractivity contribution in [3.05, 3.63) is 52.4 Å². The van der Waals surface area contributed by atoms with Crippen LogP contribution in [0.1, 0.15) is 60.8 Å². The van der Waals surface area contributed by atoms with Crippen LogP contribution in [0.2, 0.25) is 0 Å². The molecular formula is C24H24F6N4O5. The van der Waals surface area contributed by atoms with Gasteiger partial charge in [0.1, 0.15) is 11.9 Å². The number of benzene rings is 1. The molecular weight excluding hydrogens is 538 g/mol. The molecule has 0 saturated heterocycles. The largest absolute Gasteiger partial charge is 0.464 e. The Kier molecular flexibility index (Phi) is 8.56. The minimum Gasteiger partial charge on any atom is -0.464 e. The van der Waals surface area contributed by atoms with E-state index in [0.717, 1.165) is 16.6 Å². The van der Waals surface area contributed by atoms with E-state index >= 15 is 0 Å². The first-order valence-corrected chi connectivity index (χ1v) is 11.5. The molecule has 2 atom stereocenters. The number of hydrogen-bond acceptors (Lipinski definition) is 7. The molecule has 0 N–H and O–H groups in total. The van der Waals surface area contributed by atoms with Crippen molar-refractivity contribution in [1.29, 1.82) is 0 Å². The predicted octanol–water partition coefficient (Wildman–Crippen LogP) is 4.10. The summed E-state index contributed by atoms with van der Waals surface area (Å²) in [6.07, 6.45) is -5.67. The minimum atomic E-state index is -4.88. The van der Waals surface area contributed by atoms with Gasteiger partial charge in [0.2, 0.25) is 17.8 Å². The molecule has 15 heteroatoms. The number of ether oxygens (including phenoxy) is 2. The van der Waals surface area contributed by atoms with Crippen molar-refractivity contribution >= 4 is 18.0 Å². The first-order valence-electron chi connectivity index (χ1n) is 11.5. The Labute approximate surface area is 218 Å². The molecule has 1 aliphatic rings. The highest BCUT2D eigenvalue weighted by atomic mass is 19.4. The lowest BCUT2D eigenvalue weighted by Gasteiger charge is -2.34.